The molecule has 0 aliphatic heterocycles. The normalized spacial score (nSPS) is 24.6. The van der Waals surface area contributed by atoms with Gasteiger partial charge in [-0.2, -0.15) is 0 Å². The highest BCUT2D eigenvalue weighted by atomic mass is 14.9. The largest absolute Gasteiger partial charge is 0.306 e. The Hall–Kier alpha value is -1.08. The molecule has 1 heteroatoms. The van der Waals surface area contributed by atoms with Crippen LogP contribution in [0.2, 0.25) is 0 Å². The SMILES string of the molecule is C=CCNC1CC(C)c2ccccc21. The van der Waals surface area contributed by atoms with E-state index in [9.17, 15) is 0 Å². The highest BCUT2D eigenvalue weighted by Crippen LogP contribution is 2.39. The molecule has 0 saturated carbocycles. The first-order valence-electron chi connectivity index (χ1n) is 5.26. The average molecular weight is 187 g/mol. The van der Waals surface area contributed by atoms with E-state index >= 15 is 0 Å². The maximum absolute atomic E-state index is 3.73. The minimum atomic E-state index is 0.527. The van der Waals surface area contributed by atoms with E-state index in [1.807, 2.05) is 6.08 Å². The Kier molecular flexibility index (Phi) is 2.69. The fourth-order valence-electron chi connectivity index (χ4n) is 2.30. The molecule has 0 amide bonds. The molecule has 74 valence electrons. The molecule has 0 radical (unpaired) electrons. The van der Waals surface area contributed by atoms with Crippen LogP contribution in [0.1, 0.15) is 36.4 Å². The van der Waals surface area contributed by atoms with Gasteiger partial charge in [-0.15, -0.1) is 6.58 Å². The smallest absolute Gasteiger partial charge is 0.0331 e. The molecule has 0 heterocycles. The number of fused-ring (bicyclic) bond motifs is 1. The van der Waals surface area contributed by atoms with Crippen LogP contribution in [0.5, 0.6) is 0 Å². The highest BCUT2D eigenvalue weighted by Gasteiger charge is 2.26. The van der Waals surface area contributed by atoms with Crippen molar-refractivity contribution in [2.24, 2.45) is 0 Å². The molecule has 1 aliphatic rings. The van der Waals surface area contributed by atoms with Gasteiger partial charge in [0.1, 0.15) is 0 Å². The highest BCUT2D eigenvalue weighted by molar-refractivity contribution is 5.37. The molecule has 0 saturated heterocycles. The van der Waals surface area contributed by atoms with Gasteiger partial charge in [-0.3, -0.25) is 0 Å². The Balaban J connectivity index is 2.21. The van der Waals surface area contributed by atoms with Gasteiger partial charge in [0.25, 0.3) is 0 Å². The van der Waals surface area contributed by atoms with E-state index in [4.69, 9.17) is 0 Å². The van der Waals surface area contributed by atoms with E-state index in [0.717, 1.165) is 6.54 Å². The van der Waals surface area contributed by atoms with Gasteiger partial charge in [0.2, 0.25) is 0 Å². The molecule has 2 atom stereocenters. The van der Waals surface area contributed by atoms with Gasteiger partial charge in [0, 0.05) is 12.6 Å². The monoisotopic (exact) mass is 187 g/mol. The minimum Gasteiger partial charge on any atom is -0.306 e. The van der Waals surface area contributed by atoms with E-state index in [2.05, 4.69) is 43.1 Å². The van der Waals surface area contributed by atoms with Crippen molar-refractivity contribution in [2.45, 2.75) is 25.3 Å². The average Bonchev–Trinajstić information content (AvgIpc) is 2.54. The van der Waals surface area contributed by atoms with Crippen LogP contribution in [0.4, 0.5) is 0 Å². The first-order valence-corrected chi connectivity index (χ1v) is 5.26. The zero-order valence-electron chi connectivity index (χ0n) is 8.66. The van der Waals surface area contributed by atoms with E-state index in [0.29, 0.717) is 12.0 Å². The fourth-order valence-corrected chi connectivity index (χ4v) is 2.30. The first kappa shape index (κ1) is 9.47. The third-order valence-corrected chi connectivity index (χ3v) is 3.00. The summed E-state index contributed by atoms with van der Waals surface area (Å²) in [6.45, 7) is 6.93. The van der Waals surface area contributed by atoms with Crippen molar-refractivity contribution in [2.75, 3.05) is 6.54 Å². The molecular weight excluding hydrogens is 170 g/mol. The second kappa shape index (κ2) is 3.97. The third-order valence-electron chi connectivity index (χ3n) is 3.00. The van der Waals surface area contributed by atoms with Gasteiger partial charge in [-0.1, -0.05) is 37.3 Å². The predicted molar refractivity (Wildman–Crippen MR) is 60.4 cm³/mol. The molecule has 2 rings (SSSR count). The van der Waals surface area contributed by atoms with Crippen LogP contribution in [-0.2, 0) is 0 Å². The van der Waals surface area contributed by atoms with Crippen LogP contribution in [0.15, 0.2) is 36.9 Å². The molecule has 14 heavy (non-hydrogen) atoms. The maximum Gasteiger partial charge on any atom is 0.0331 e. The molecule has 1 nitrogen and oxygen atoms in total. The summed E-state index contributed by atoms with van der Waals surface area (Å²) in [7, 11) is 0. The van der Waals surface area contributed by atoms with Gasteiger partial charge in [-0.25, -0.2) is 0 Å². The lowest BCUT2D eigenvalue weighted by Crippen LogP contribution is -2.18. The van der Waals surface area contributed by atoms with E-state index in [-0.39, 0.29) is 0 Å². The summed E-state index contributed by atoms with van der Waals surface area (Å²) in [5, 5.41) is 3.50. The lowest BCUT2D eigenvalue weighted by molar-refractivity contribution is 0.532. The molecule has 0 fully saturated rings. The molecule has 1 aromatic carbocycles. The quantitative estimate of drug-likeness (QED) is 0.717. The van der Waals surface area contributed by atoms with Crippen LogP contribution in [0, 0.1) is 0 Å². The van der Waals surface area contributed by atoms with Crippen LogP contribution in [-0.4, -0.2) is 6.54 Å². The number of hydrogen-bond acceptors (Lipinski definition) is 1. The minimum absolute atomic E-state index is 0.527. The Morgan fingerprint density at radius 3 is 2.86 bits per heavy atom. The van der Waals surface area contributed by atoms with Crippen molar-refractivity contribution in [1.29, 1.82) is 0 Å². The summed E-state index contributed by atoms with van der Waals surface area (Å²) >= 11 is 0. The van der Waals surface area contributed by atoms with Crippen molar-refractivity contribution in [3.8, 4) is 0 Å². The van der Waals surface area contributed by atoms with Crippen molar-refractivity contribution >= 4 is 0 Å². The zero-order valence-corrected chi connectivity index (χ0v) is 8.66. The van der Waals surface area contributed by atoms with E-state index in [1.54, 1.807) is 0 Å². The van der Waals surface area contributed by atoms with E-state index in [1.165, 1.54) is 17.5 Å². The summed E-state index contributed by atoms with van der Waals surface area (Å²) < 4.78 is 0. The third kappa shape index (κ3) is 1.60. The summed E-state index contributed by atoms with van der Waals surface area (Å²) in [5.41, 5.74) is 2.98. The van der Waals surface area contributed by atoms with Crippen molar-refractivity contribution in [3.63, 3.8) is 0 Å². The van der Waals surface area contributed by atoms with Gasteiger partial charge >= 0.3 is 0 Å². The molecule has 1 N–H and O–H groups in total. The van der Waals surface area contributed by atoms with Crippen LogP contribution in [0.25, 0.3) is 0 Å². The van der Waals surface area contributed by atoms with Crippen molar-refractivity contribution in [1.82, 2.24) is 5.32 Å². The second-order valence-corrected chi connectivity index (χ2v) is 4.02. The Morgan fingerprint density at radius 1 is 1.43 bits per heavy atom. The maximum atomic E-state index is 3.73. The second-order valence-electron chi connectivity index (χ2n) is 4.02. The van der Waals surface area contributed by atoms with Crippen molar-refractivity contribution in [3.05, 3.63) is 48.0 Å². The molecule has 1 aromatic rings. The van der Waals surface area contributed by atoms with Gasteiger partial charge < -0.3 is 5.32 Å². The Labute approximate surface area is 85.8 Å². The Bertz CT molecular complexity index is 330. The van der Waals surface area contributed by atoms with Gasteiger partial charge in [0.05, 0.1) is 0 Å². The standard InChI is InChI=1S/C13H17N/c1-3-8-14-13-9-10(2)11-6-4-5-7-12(11)13/h3-7,10,13-14H,1,8-9H2,2H3. The number of hydrogen-bond donors (Lipinski definition) is 1. The zero-order chi connectivity index (χ0) is 9.97. The number of benzene rings is 1. The lowest BCUT2D eigenvalue weighted by atomic mass is 10.0. The van der Waals surface area contributed by atoms with Crippen molar-refractivity contribution < 1.29 is 0 Å². The summed E-state index contributed by atoms with van der Waals surface area (Å²) in [4.78, 5) is 0. The number of rotatable bonds is 3. The van der Waals surface area contributed by atoms with Crippen LogP contribution >= 0.6 is 0 Å². The number of nitrogens with one attached hydrogen (secondary N) is 1. The topological polar surface area (TPSA) is 12.0 Å². The first-order chi connectivity index (χ1) is 6.83. The van der Waals surface area contributed by atoms with E-state index < -0.39 is 0 Å². The molecule has 0 spiro atoms. The van der Waals surface area contributed by atoms with Crippen LogP contribution < -0.4 is 5.32 Å². The summed E-state index contributed by atoms with van der Waals surface area (Å²) in [6.07, 6.45) is 3.14. The molecule has 0 aromatic heterocycles. The molecule has 1 aliphatic carbocycles. The summed E-state index contributed by atoms with van der Waals surface area (Å²) in [6, 6.07) is 9.26. The lowest BCUT2D eigenvalue weighted by Gasteiger charge is -2.11. The molecule has 0 bridgehead atoms. The predicted octanol–water partition coefficient (Wildman–Crippen LogP) is 3.01. The van der Waals surface area contributed by atoms with Gasteiger partial charge in [-0.05, 0) is 23.5 Å². The Morgan fingerprint density at radius 2 is 2.14 bits per heavy atom. The molecular formula is C13H17N. The molecule has 2 unspecified atom stereocenters. The fraction of sp³-hybridized carbons (Fsp3) is 0.385. The van der Waals surface area contributed by atoms with Crippen LogP contribution in [0.3, 0.4) is 0 Å². The summed E-state index contributed by atoms with van der Waals surface area (Å²) in [5.74, 6) is 0.688. The van der Waals surface area contributed by atoms with Gasteiger partial charge in [0.15, 0.2) is 0 Å².